The SMILES string of the molecule is CCNC(=NCC(c1ccco1)N1CCCC1)NCCc1csc(N2CCCC2)n1. The third-order valence-corrected chi connectivity index (χ3v) is 6.76. The summed E-state index contributed by atoms with van der Waals surface area (Å²) in [5.74, 6) is 1.87. The molecule has 2 N–H and O–H groups in total. The molecule has 4 rings (SSSR count). The Labute approximate surface area is 183 Å². The molecule has 0 aliphatic carbocycles. The third kappa shape index (κ3) is 5.55. The van der Waals surface area contributed by atoms with Crippen LogP contribution in [0.5, 0.6) is 0 Å². The average molecular weight is 431 g/mol. The van der Waals surface area contributed by atoms with Crippen LogP contribution in [0.3, 0.4) is 0 Å². The van der Waals surface area contributed by atoms with Crippen molar-refractivity contribution in [2.45, 2.75) is 45.1 Å². The Balaban J connectivity index is 1.31. The maximum Gasteiger partial charge on any atom is 0.191 e. The van der Waals surface area contributed by atoms with E-state index in [9.17, 15) is 0 Å². The van der Waals surface area contributed by atoms with Crippen LogP contribution in [0.25, 0.3) is 0 Å². The van der Waals surface area contributed by atoms with Crippen LogP contribution in [0.2, 0.25) is 0 Å². The molecule has 4 heterocycles. The van der Waals surface area contributed by atoms with Gasteiger partial charge in [0.1, 0.15) is 5.76 Å². The lowest BCUT2D eigenvalue weighted by atomic mass is 10.2. The lowest BCUT2D eigenvalue weighted by Gasteiger charge is -2.24. The zero-order valence-corrected chi connectivity index (χ0v) is 18.8. The van der Waals surface area contributed by atoms with Crippen LogP contribution >= 0.6 is 11.3 Å². The summed E-state index contributed by atoms with van der Waals surface area (Å²) in [6.45, 7) is 9.00. The number of likely N-dealkylation sites (tertiary alicyclic amines) is 1. The topological polar surface area (TPSA) is 68.9 Å². The molecule has 1 atom stereocenters. The van der Waals surface area contributed by atoms with Crippen molar-refractivity contribution in [3.63, 3.8) is 0 Å². The van der Waals surface area contributed by atoms with Crippen molar-refractivity contribution < 1.29 is 4.42 Å². The van der Waals surface area contributed by atoms with Crippen molar-refractivity contribution >= 4 is 22.4 Å². The molecule has 2 saturated heterocycles. The molecule has 2 aliphatic heterocycles. The van der Waals surface area contributed by atoms with Gasteiger partial charge < -0.3 is 20.0 Å². The molecule has 0 radical (unpaired) electrons. The normalized spacial score (nSPS) is 18.8. The molecule has 0 bridgehead atoms. The number of hydrogen-bond acceptors (Lipinski definition) is 6. The highest BCUT2D eigenvalue weighted by Gasteiger charge is 2.25. The number of furan rings is 1. The van der Waals surface area contributed by atoms with Gasteiger partial charge in [-0.25, -0.2) is 4.98 Å². The Morgan fingerprint density at radius 3 is 2.73 bits per heavy atom. The molecule has 164 valence electrons. The number of rotatable bonds is 9. The summed E-state index contributed by atoms with van der Waals surface area (Å²) in [5.41, 5.74) is 1.16. The minimum atomic E-state index is 0.208. The zero-order valence-electron chi connectivity index (χ0n) is 18.0. The van der Waals surface area contributed by atoms with Crippen LogP contribution in [0.15, 0.2) is 33.2 Å². The molecular weight excluding hydrogens is 396 g/mol. The number of hydrogen-bond donors (Lipinski definition) is 2. The lowest BCUT2D eigenvalue weighted by molar-refractivity contribution is 0.221. The molecule has 0 spiro atoms. The fourth-order valence-corrected chi connectivity index (χ4v) is 5.13. The van der Waals surface area contributed by atoms with Gasteiger partial charge in [-0.05, 0) is 57.8 Å². The predicted octanol–water partition coefficient (Wildman–Crippen LogP) is 3.27. The van der Waals surface area contributed by atoms with Crippen LogP contribution in [-0.2, 0) is 6.42 Å². The minimum absolute atomic E-state index is 0.208. The zero-order chi connectivity index (χ0) is 20.6. The molecule has 2 fully saturated rings. The summed E-state index contributed by atoms with van der Waals surface area (Å²) < 4.78 is 5.72. The van der Waals surface area contributed by atoms with Gasteiger partial charge in [0.05, 0.1) is 24.5 Å². The van der Waals surface area contributed by atoms with Crippen LogP contribution < -0.4 is 15.5 Å². The van der Waals surface area contributed by atoms with Gasteiger partial charge in [-0.3, -0.25) is 9.89 Å². The van der Waals surface area contributed by atoms with Crippen LogP contribution in [-0.4, -0.2) is 61.7 Å². The second kappa shape index (κ2) is 10.8. The quantitative estimate of drug-likeness (QED) is 0.470. The van der Waals surface area contributed by atoms with Gasteiger partial charge in [-0.1, -0.05) is 0 Å². The average Bonchev–Trinajstić information content (AvgIpc) is 3.57. The van der Waals surface area contributed by atoms with Gasteiger partial charge in [-0.2, -0.15) is 0 Å². The van der Waals surface area contributed by atoms with Gasteiger partial charge in [-0.15, -0.1) is 11.3 Å². The molecule has 2 aliphatic rings. The van der Waals surface area contributed by atoms with E-state index in [0.29, 0.717) is 6.54 Å². The van der Waals surface area contributed by atoms with E-state index < -0.39 is 0 Å². The summed E-state index contributed by atoms with van der Waals surface area (Å²) in [4.78, 5) is 14.6. The first kappa shape index (κ1) is 21.2. The number of anilines is 1. The number of guanidine groups is 1. The summed E-state index contributed by atoms with van der Waals surface area (Å²) in [6, 6.07) is 4.24. The van der Waals surface area contributed by atoms with Crippen LogP contribution in [0, 0.1) is 0 Å². The number of aromatic nitrogens is 1. The van der Waals surface area contributed by atoms with Crippen LogP contribution in [0.4, 0.5) is 5.13 Å². The second-order valence-corrected chi connectivity index (χ2v) is 8.82. The van der Waals surface area contributed by atoms with Gasteiger partial charge in [0, 0.05) is 38.0 Å². The minimum Gasteiger partial charge on any atom is -0.468 e. The number of aliphatic imine (C=N–C) groups is 1. The molecule has 2 aromatic rings. The summed E-state index contributed by atoms with van der Waals surface area (Å²) >= 11 is 1.77. The maximum absolute atomic E-state index is 5.72. The first-order valence-electron chi connectivity index (χ1n) is 11.3. The van der Waals surface area contributed by atoms with Crippen molar-refractivity contribution in [2.75, 3.05) is 50.7 Å². The first-order valence-corrected chi connectivity index (χ1v) is 12.2. The van der Waals surface area contributed by atoms with E-state index in [-0.39, 0.29) is 6.04 Å². The van der Waals surface area contributed by atoms with E-state index in [0.717, 1.165) is 63.1 Å². The van der Waals surface area contributed by atoms with E-state index in [1.54, 1.807) is 17.6 Å². The van der Waals surface area contributed by atoms with Gasteiger partial charge in [0.25, 0.3) is 0 Å². The molecule has 7 nitrogen and oxygen atoms in total. The Kier molecular flexibility index (Phi) is 7.64. The first-order chi connectivity index (χ1) is 14.8. The molecule has 2 aromatic heterocycles. The van der Waals surface area contributed by atoms with Crippen molar-refractivity contribution in [3.05, 3.63) is 35.2 Å². The molecule has 0 aromatic carbocycles. The highest BCUT2D eigenvalue weighted by molar-refractivity contribution is 7.13. The predicted molar refractivity (Wildman–Crippen MR) is 124 cm³/mol. The number of nitrogens with zero attached hydrogens (tertiary/aromatic N) is 4. The largest absolute Gasteiger partial charge is 0.468 e. The standard InChI is InChI=1S/C22H34N6OS/c1-2-23-21(24-10-9-18-17-30-22(26-18)28-13-5-6-14-28)25-16-19(20-8-7-15-29-20)27-11-3-4-12-27/h7-8,15,17,19H,2-6,9-14,16H2,1H3,(H2,23,24,25). The fourth-order valence-electron chi connectivity index (χ4n) is 4.21. The van der Waals surface area contributed by atoms with E-state index in [1.807, 2.05) is 6.07 Å². The molecule has 8 heteroatoms. The molecule has 1 unspecified atom stereocenters. The maximum atomic E-state index is 5.72. The highest BCUT2D eigenvalue weighted by atomic mass is 32.1. The second-order valence-electron chi connectivity index (χ2n) is 7.99. The fraction of sp³-hybridized carbons (Fsp3) is 0.636. The number of nitrogens with one attached hydrogen (secondary N) is 2. The van der Waals surface area contributed by atoms with Crippen LogP contribution in [0.1, 0.15) is 50.1 Å². The molecule has 0 saturated carbocycles. The Morgan fingerprint density at radius 1 is 1.20 bits per heavy atom. The van der Waals surface area contributed by atoms with Crippen molar-refractivity contribution in [1.82, 2.24) is 20.5 Å². The van der Waals surface area contributed by atoms with Crippen molar-refractivity contribution in [2.24, 2.45) is 4.99 Å². The van der Waals surface area contributed by atoms with E-state index >= 15 is 0 Å². The molecule has 0 amide bonds. The van der Waals surface area contributed by atoms with E-state index in [4.69, 9.17) is 14.4 Å². The highest BCUT2D eigenvalue weighted by Crippen LogP contribution is 2.26. The Bertz CT molecular complexity index is 777. The van der Waals surface area contributed by atoms with Gasteiger partial charge in [0.2, 0.25) is 0 Å². The summed E-state index contributed by atoms with van der Waals surface area (Å²) in [6.07, 6.45) is 7.75. The monoisotopic (exact) mass is 430 g/mol. The Hall–Kier alpha value is -2.06. The van der Waals surface area contributed by atoms with Gasteiger partial charge >= 0.3 is 0 Å². The summed E-state index contributed by atoms with van der Waals surface area (Å²) in [5, 5.41) is 10.2. The molecule has 30 heavy (non-hydrogen) atoms. The Morgan fingerprint density at radius 2 is 2.00 bits per heavy atom. The van der Waals surface area contributed by atoms with E-state index in [2.05, 4.69) is 38.8 Å². The van der Waals surface area contributed by atoms with E-state index in [1.165, 1.54) is 30.8 Å². The smallest absolute Gasteiger partial charge is 0.191 e. The lowest BCUT2D eigenvalue weighted by Crippen LogP contribution is -2.39. The third-order valence-electron chi connectivity index (χ3n) is 5.81. The number of thiazole rings is 1. The van der Waals surface area contributed by atoms with Crippen molar-refractivity contribution in [3.8, 4) is 0 Å². The van der Waals surface area contributed by atoms with Crippen molar-refractivity contribution in [1.29, 1.82) is 0 Å². The van der Waals surface area contributed by atoms with Gasteiger partial charge in [0.15, 0.2) is 11.1 Å². The summed E-state index contributed by atoms with van der Waals surface area (Å²) in [7, 11) is 0. The molecular formula is C22H34N6OS.